The van der Waals surface area contributed by atoms with Crippen molar-refractivity contribution in [2.75, 3.05) is 6.61 Å². The molecule has 0 amide bonds. The van der Waals surface area contributed by atoms with Crippen LogP contribution in [0.3, 0.4) is 0 Å². The normalized spacial score (nSPS) is 10.6. The molecule has 3 rings (SSSR count). The molecule has 0 aliphatic rings. The fourth-order valence-corrected chi connectivity index (χ4v) is 2.52. The Morgan fingerprint density at radius 3 is 2.50 bits per heavy atom. The van der Waals surface area contributed by atoms with Crippen molar-refractivity contribution in [2.45, 2.75) is 13.5 Å². The second-order valence-corrected chi connectivity index (χ2v) is 5.11. The van der Waals surface area contributed by atoms with Gasteiger partial charge in [0, 0.05) is 23.1 Å². The van der Waals surface area contributed by atoms with Gasteiger partial charge in [0.15, 0.2) is 12.7 Å². The van der Waals surface area contributed by atoms with Crippen LogP contribution in [0.2, 0.25) is 0 Å². The van der Waals surface area contributed by atoms with Crippen LogP contribution in [0.25, 0.3) is 10.9 Å². The Morgan fingerprint density at radius 2 is 1.73 bits per heavy atom. The van der Waals surface area contributed by atoms with E-state index in [4.69, 9.17) is 4.74 Å². The predicted molar refractivity (Wildman–Crippen MR) is 85.6 cm³/mol. The summed E-state index contributed by atoms with van der Waals surface area (Å²) in [6.07, 6.45) is 2.07. The summed E-state index contributed by atoms with van der Waals surface area (Å²) in [5.41, 5.74) is 2.93. The van der Waals surface area contributed by atoms with Crippen molar-refractivity contribution in [3.8, 4) is 0 Å². The topological polar surface area (TPSA) is 30.2 Å². The number of hydrogen-bond acceptors (Lipinski definition) is 2. The van der Waals surface area contributed by atoms with E-state index < -0.39 is 0 Å². The highest BCUT2D eigenvalue weighted by Crippen LogP contribution is 2.10. The number of para-hydroxylation sites is 1. The summed E-state index contributed by atoms with van der Waals surface area (Å²) in [6, 6.07) is 20.0. The number of benzene rings is 2. The zero-order chi connectivity index (χ0) is 15.4. The van der Waals surface area contributed by atoms with Crippen LogP contribution in [0.15, 0.2) is 66.9 Å². The molecule has 0 N–H and O–H groups in total. The fraction of sp³-hybridized carbons (Fsp3) is 0.158. The zero-order valence-electron chi connectivity index (χ0n) is 12.5. The maximum atomic E-state index is 11.7. The maximum Gasteiger partial charge on any atom is 0.338 e. The number of fused-ring (bicyclic) bond motifs is 1. The van der Waals surface area contributed by atoms with Gasteiger partial charge in [0.05, 0.1) is 12.2 Å². The third kappa shape index (κ3) is 2.98. The Balaban J connectivity index is 1.85. The second-order valence-electron chi connectivity index (χ2n) is 5.11. The van der Waals surface area contributed by atoms with Crippen molar-refractivity contribution < 1.29 is 14.1 Å². The number of nitrogens with zero attached hydrogens (tertiary/aromatic N) is 1. The molecule has 0 bridgehead atoms. The fourth-order valence-electron chi connectivity index (χ4n) is 2.52. The molecule has 0 spiro atoms. The summed E-state index contributed by atoms with van der Waals surface area (Å²) in [5.74, 6) is -0.271. The Kier molecular flexibility index (Phi) is 4.15. The zero-order valence-corrected chi connectivity index (χ0v) is 12.5. The maximum absolute atomic E-state index is 11.7. The molecule has 0 saturated heterocycles. The van der Waals surface area contributed by atoms with Crippen LogP contribution < -0.4 is 4.57 Å². The third-order valence-electron chi connectivity index (χ3n) is 3.61. The minimum absolute atomic E-state index is 0.271. The van der Waals surface area contributed by atoms with Crippen LogP contribution in [0.5, 0.6) is 0 Å². The molecule has 3 heteroatoms. The number of esters is 1. The first-order valence-corrected chi connectivity index (χ1v) is 7.41. The monoisotopic (exact) mass is 292 g/mol. The third-order valence-corrected chi connectivity index (χ3v) is 3.61. The van der Waals surface area contributed by atoms with Crippen molar-refractivity contribution in [1.29, 1.82) is 0 Å². The molecule has 3 aromatic rings. The Bertz CT molecular complexity index is 789. The Labute approximate surface area is 129 Å². The summed E-state index contributed by atoms with van der Waals surface area (Å²) in [6.45, 7) is 2.97. The molecule has 1 aromatic heterocycles. The van der Waals surface area contributed by atoms with Gasteiger partial charge in [-0.15, -0.1) is 0 Å². The SMILES string of the molecule is CCOC(=O)c1ccc(C[n+]2cccc3ccccc32)cc1. The van der Waals surface area contributed by atoms with Crippen LogP contribution in [-0.2, 0) is 11.3 Å². The van der Waals surface area contributed by atoms with Gasteiger partial charge in [-0.2, -0.15) is 4.57 Å². The van der Waals surface area contributed by atoms with Crippen molar-refractivity contribution >= 4 is 16.9 Å². The molecule has 1 heterocycles. The molecule has 0 fully saturated rings. The van der Waals surface area contributed by atoms with Gasteiger partial charge in [0.1, 0.15) is 0 Å². The van der Waals surface area contributed by atoms with Gasteiger partial charge in [-0.3, -0.25) is 0 Å². The smallest absolute Gasteiger partial charge is 0.338 e. The Hall–Kier alpha value is -2.68. The van der Waals surface area contributed by atoms with E-state index in [1.807, 2.05) is 43.3 Å². The van der Waals surface area contributed by atoms with E-state index in [0.717, 1.165) is 12.1 Å². The Morgan fingerprint density at radius 1 is 1.00 bits per heavy atom. The van der Waals surface area contributed by atoms with E-state index >= 15 is 0 Å². The first kappa shape index (κ1) is 14.3. The van der Waals surface area contributed by atoms with Gasteiger partial charge >= 0.3 is 5.97 Å². The number of rotatable bonds is 4. The van der Waals surface area contributed by atoms with E-state index in [-0.39, 0.29) is 5.97 Å². The summed E-state index contributed by atoms with van der Waals surface area (Å²) in [7, 11) is 0. The van der Waals surface area contributed by atoms with Gasteiger partial charge in [-0.25, -0.2) is 4.79 Å². The van der Waals surface area contributed by atoms with E-state index in [2.05, 4.69) is 35.0 Å². The lowest BCUT2D eigenvalue weighted by molar-refractivity contribution is -0.662. The number of carbonyl (C=O) groups excluding carboxylic acids is 1. The van der Waals surface area contributed by atoms with E-state index in [0.29, 0.717) is 12.2 Å². The molecule has 3 nitrogen and oxygen atoms in total. The van der Waals surface area contributed by atoms with E-state index in [9.17, 15) is 4.79 Å². The van der Waals surface area contributed by atoms with E-state index in [1.165, 1.54) is 10.9 Å². The molecule has 0 atom stereocenters. The van der Waals surface area contributed by atoms with Gasteiger partial charge in [0.2, 0.25) is 5.52 Å². The molecule has 0 saturated carbocycles. The quantitative estimate of drug-likeness (QED) is 0.545. The van der Waals surface area contributed by atoms with E-state index in [1.54, 1.807) is 0 Å². The predicted octanol–water partition coefficient (Wildman–Crippen LogP) is 3.35. The average Bonchev–Trinajstić information content (AvgIpc) is 2.56. The number of carbonyl (C=O) groups is 1. The summed E-state index contributed by atoms with van der Waals surface area (Å²) in [4.78, 5) is 11.7. The highest BCUT2D eigenvalue weighted by atomic mass is 16.5. The van der Waals surface area contributed by atoms with Gasteiger partial charge < -0.3 is 4.74 Å². The molecule has 110 valence electrons. The van der Waals surface area contributed by atoms with Crippen LogP contribution in [0.1, 0.15) is 22.8 Å². The molecule has 0 aliphatic heterocycles. The highest BCUT2D eigenvalue weighted by Gasteiger charge is 2.10. The van der Waals surface area contributed by atoms with Crippen molar-refractivity contribution in [2.24, 2.45) is 0 Å². The van der Waals surface area contributed by atoms with Crippen LogP contribution in [-0.4, -0.2) is 12.6 Å². The lowest BCUT2D eigenvalue weighted by Crippen LogP contribution is -2.34. The van der Waals surface area contributed by atoms with Crippen molar-refractivity contribution in [1.82, 2.24) is 0 Å². The first-order valence-electron chi connectivity index (χ1n) is 7.41. The number of hydrogen-bond donors (Lipinski definition) is 0. The molecule has 0 unspecified atom stereocenters. The molecule has 2 aromatic carbocycles. The molecule has 0 radical (unpaired) electrons. The van der Waals surface area contributed by atoms with Gasteiger partial charge in [0.25, 0.3) is 0 Å². The average molecular weight is 292 g/mol. The standard InChI is InChI=1S/C19H18NO2/c1-2-22-19(21)17-11-9-15(10-12-17)14-20-13-5-7-16-6-3-4-8-18(16)20/h3-13H,2,14H2,1H3/q+1. The van der Waals surface area contributed by atoms with Gasteiger partial charge in [-0.1, -0.05) is 24.3 Å². The number of aromatic nitrogens is 1. The largest absolute Gasteiger partial charge is 0.462 e. The van der Waals surface area contributed by atoms with Crippen molar-refractivity contribution in [3.05, 3.63) is 78.0 Å². The summed E-state index contributed by atoms with van der Waals surface area (Å²) >= 11 is 0. The summed E-state index contributed by atoms with van der Waals surface area (Å²) in [5, 5.41) is 1.22. The minimum Gasteiger partial charge on any atom is -0.462 e. The lowest BCUT2D eigenvalue weighted by atomic mass is 10.1. The minimum atomic E-state index is -0.271. The highest BCUT2D eigenvalue weighted by molar-refractivity contribution is 5.89. The molecule has 0 aliphatic carbocycles. The molecule has 22 heavy (non-hydrogen) atoms. The van der Waals surface area contributed by atoms with Crippen LogP contribution in [0.4, 0.5) is 0 Å². The van der Waals surface area contributed by atoms with Crippen LogP contribution >= 0.6 is 0 Å². The lowest BCUT2D eigenvalue weighted by Gasteiger charge is -2.04. The van der Waals surface area contributed by atoms with Crippen LogP contribution in [0, 0.1) is 0 Å². The van der Waals surface area contributed by atoms with Crippen molar-refractivity contribution in [3.63, 3.8) is 0 Å². The second kappa shape index (κ2) is 6.39. The number of ether oxygens (including phenoxy) is 1. The molecular formula is C19H18NO2+. The van der Waals surface area contributed by atoms with Gasteiger partial charge in [-0.05, 0) is 31.2 Å². The molecular weight excluding hydrogens is 274 g/mol. The first-order chi connectivity index (χ1) is 10.8. The number of pyridine rings is 1. The summed E-state index contributed by atoms with van der Waals surface area (Å²) < 4.78 is 7.20.